The zero-order valence-electron chi connectivity index (χ0n) is 12.7. The predicted molar refractivity (Wildman–Crippen MR) is 87.2 cm³/mol. The van der Waals surface area contributed by atoms with E-state index in [1.165, 1.54) is 11.1 Å². The fraction of sp³-hybridized carbons (Fsp3) is 0.600. The van der Waals surface area contributed by atoms with Gasteiger partial charge in [-0.3, -0.25) is 4.79 Å². The van der Waals surface area contributed by atoms with E-state index in [1.807, 2.05) is 7.05 Å². The third kappa shape index (κ3) is 3.47. The van der Waals surface area contributed by atoms with E-state index in [-0.39, 0.29) is 10.6 Å². The van der Waals surface area contributed by atoms with E-state index < -0.39 is 0 Å². The van der Waals surface area contributed by atoms with Crippen molar-refractivity contribution in [1.82, 2.24) is 15.1 Å². The summed E-state index contributed by atoms with van der Waals surface area (Å²) in [5.74, 6) is 0.551. The molecule has 1 aromatic heterocycles. The molecule has 0 radical (unpaired) electrons. The van der Waals surface area contributed by atoms with E-state index >= 15 is 0 Å². The van der Waals surface area contributed by atoms with Crippen LogP contribution in [0.25, 0.3) is 0 Å². The second-order valence-corrected chi connectivity index (χ2v) is 5.92. The van der Waals surface area contributed by atoms with Gasteiger partial charge < -0.3 is 10.2 Å². The van der Waals surface area contributed by atoms with Gasteiger partial charge in [0.05, 0.1) is 18.4 Å². The number of aromatic nitrogens is 2. The van der Waals surface area contributed by atoms with Crippen LogP contribution in [0.15, 0.2) is 23.6 Å². The molecule has 2 unspecified atom stereocenters. The van der Waals surface area contributed by atoms with E-state index in [1.54, 1.807) is 12.3 Å². The summed E-state index contributed by atoms with van der Waals surface area (Å²) >= 11 is 6.26. The molecule has 1 saturated heterocycles. The number of hydrogen-bond donors (Lipinski definition) is 1. The van der Waals surface area contributed by atoms with Gasteiger partial charge in [0.1, 0.15) is 5.02 Å². The maximum atomic E-state index is 12.2. The first-order valence-corrected chi connectivity index (χ1v) is 7.75. The molecule has 0 bridgehead atoms. The van der Waals surface area contributed by atoms with Gasteiger partial charge in [0.15, 0.2) is 0 Å². The molecule has 1 fully saturated rings. The quantitative estimate of drug-likeness (QED) is 0.844. The minimum atomic E-state index is -0.252. The molecule has 0 aromatic carbocycles. The third-order valence-corrected chi connectivity index (χ3v) is 4.58. The minimum absolute atomic E-state index is 0.252. The molecule has 5 nitrogen and oxygen atoms in total. The topological polar surface area (TPSA) is 50.2 Å². The van der Waals surface area contributed by atoms with E-state index in [9.17, 15) is 4.79 Å². The van der Waals surface area contributed by atoms with Crippen LogP contribution in [0.3, 0.4) is 0 Å². The lowest BCUT2D eigenvalue weighted by Crippen LogP contribution is -2.44. The molecule has 0 aliphatic carbocycles. The summed E-state index contributed by atoms with van der Waals surface area (Å²) in [5.41, 5.74) is 0.493. The summed E-state index contributed by atoms with van der Waals surface area (Å²) in [4.78, 5) is 14.4. The Bertz CT molecular complexity index is 557. The number of nitrogens with zero attached hydrogens (tertiary/aromatic N) is 3. The molecule has 1 aromatic rings. The highest BCUT2D eigenvalue weighted by molar-refractivity contribution is 6.33. The summed E-state index contributed by atoms with van der Waals surface area (Å²) in [6.07, 6.45) is 5.62. The summed E-state index contributed by atoms with van der Waals surface area (Å²) in [6.45, 7) is 7.99. The highest BCUT2D eigenvalue weighted by Crippen LogP contribution is 2.28. The second kappa shape index (κ2) is 7.09. The fourth-order valence-corrected chi connectivity index (χ4v) is 3.07. The van der Waals surface area contributed by atoms with Crippen LogP contribution < -0.4 is 15.8 Å². The number of halogens is 1. The van der Waals surface area contributed by atoms with Crippen LogP contribution in [-0.2, 0) is 6.54 Å². The molecule has 2 heterocycles. The molecule has 0 saturated carbocycles. The maximum absolute atomic E-state index is 12.2. The van der Waals surface area contributed by atoms with Crippen molar-refractivity contribution in [2.45, 2.75) is 32.4 Å². The SMILES string of the molecule is C=CCn1ncc(N2CCCC(C(C)NC)C2)c(Cl)c1=O. The molecular weight excluding hydrogens is 288 g/mol. The number of allylic oxidation sites excluding steroid dienone is 1. The van der Waals surface area contributed by atoms with E-state index in [4.69, 9.17) is 11.6 Å². The van der Waals surface area contributed by atoms with Crippen molar-refractivity contribution in [2.75, 3.05) is 25.0 Å². The molecule has 21 heavy (non-hydrogen) atoms. The van der Waals surface area contributed by atoms with Crippen LogP contribution in [-0.4, -0.2) is 36.0 Å². The lowest BCUT2D eigenvalue weighted by molar-refractivity contribution is 0.333. The van der Waals surface area contributed by atoms with Crippen LogP contribution in [0.4, 0.5) is 5.69 Å². The standard InChI is InChI=1S/C15H23ClN4O/c1-4-7-20-15(21)14(16)13(9-18-20)19-8-5-6-12(10-19)11(2)17-3/h4,9,11-12,17H,1,5-8,10H2,2-3H3. The van der Waals surface area contributed by atoms with Gasteiger partial charge >= 0.3 is 0 Å². The smallest absolute Gasteiger partial charge is 0.287 e. The molecule has 1 aliphatic heterocycles. The summed E-state index contributed by atoms with van der Waals surface area (Å²) in [6, 6.07) is 0.445. The number of nitrogens with one attached hydrogen (secondary N) is 1. The number of piperidine rings is 1. The number of anilines is 1. The molecular formula is C15H23ClN4O. The van der Waals surface area contributed by atoms with Crippen LogP contribution in [0.2, 0.25) is 5.02 Å². The third-order valence-electron chi connectivity index (χ3n) is 4.23. The molecule has 2 atom stereocenters. The average Bonchev–Trinajstić information content (AvgIpc) is 2.51. The van der Waals surface area contributed by atoms with Crippen molar-refractivity contribution in [2.24, 2.45) is 5.92 Å². The van der Waals surface area contributed by atoms with Crippen molar-refractivity contribution in [3.8, 4) is 0 Å². The maximum Gasteiger partial charge on any atom is 0.287 e. The highest BCUT2D eigenvalue weighted by Gasteiger charge is 2.26. The Morgan fingerprint density at radius 3 is 3.10 bits per heavy atom. The highest BCUT2D eigenvalue weighted by atomic mass is 35.5. The molecule has 0 amide bonds. The Morgan fingerprint density at radius 2 is 2.43 bits per heavy atom. The first-order valence-electron chi connectivity index (χ1n) is 7.37. The lowest BCUT2D eigenvalue weighted by Gasteiger charge is -2.37. The van der Waals surface area contributed by atoms with Gasteiger partial charge in [-0.1, -0.05) is 17.7 Å². The summed E-state index contributed by atoms with van der Waals surface area (Å²) in [5, 5.41) is 7.75. The van der Waals surface area contributed by atoms with Crippen molar-refractivity contribution in [3.05, 3.63) is 34.2 Å². The average molecular weight is 311 g/mol. The molecule has 0 spiro atoms. The Kier molecular flexibility index (Phi) is 5.42. The zero-order valence-corrected chi connectivity index (χ0v) is 13.4. The van der Waals surface area contributed by atoms with Gasteiger partial charge in [0.25, 0.3) is 5.56 Å². The molecule has 2 rings (SSSR count). The van der Waals surface area contributed by atoms with Crippen LogP contribution in [0.5, 0.6) is 0 Å². The normalized spacial score (nSPS) is 20.3. The molecule has 116 valence electrons. The first-order chi connectivity index (χ1) is 10.1. The van der Waals surface area contributed by atoms with Gasteiger partial charge in [0, 0.05) is 19.1 Å². The molecule has 6 heteroatoms. The van der Waals surface area contributed by atoms with Gasteiger partial charge in [-0.25, -0.2) is 4.68 Å². The summed E-state index contributed by atoms with van der Waals surface area (Å²) in [7, 11) is 1.98. The van der Waals surface area contributed by atoms with E-state index in [0.29, 0.717) is 18.5 Å². The predicted octanol–water partition coefficient (Wildman–Crippen LogP) is 1.91. The van der Waals surface area contributed by atoms with Gasteiger partial charge in [-0.15, -0.1) is 6.58 Å². The fourth-order valence-electron chi connectivity index (χ4n) is 2.80. The molecule has 1 N–H and O–H groups in total. The van der Waals surface area contributed by atoms with Gasteiger partial charge in [-0.2, -0.15) is 5.10 Å². The largest absolute Gasteiger partial charge is 0.369 e. The van der Waals surface area contributed by atoms with Crippen LogP contribution in [0, 0.1) is 5.92 Å². The van der Waals surface area contributed by atoms with Crippen molar-refractivity contribution >= 4 is 17.3 Å². The summed E-state index contributed by atoms with van der Waals surface area (Å²) < 4.78 is 1.33. The molecule has 1 aliphatic rings. The Balaban J connectivity index is 2.23. The van der Waals surface area contributed by atoms with E-state index in [2.05, 4.69) is 28.8 Å². The Labute approximate surface area is 130 Å². The first kappa shape index (κ1) is 16.0. The van der Waals surface area contributed by atoms with Crippen molar-refractivity contribution in [3.63, 3.8) is 0 Å². The van der Waals surface area contributed by atoms with Gasteiger partial charge in [-0.05, 0) is 32.7 Å². The zero-order chi connectivity index (χ0) is 15.4. The second-order valence-electron chi connectivity index (χ2n) is 5.55. The van der Waals surface area contributed by atoms with Crippen LogP contribution in [0.1, 0.15) is 19.8 Å². The Hall–Kier alpha value is -1.33. The van der Waals surface area contributed by atoms with Crippen molar-refractivity contribution < 1.29 is 0 Å². The number of hydrogen-bond acceptors (Lipinski definition) is 4. The van der Waals surface area contributed by atoms with Crippen LogP contribution >= 0.6 is 11.6 Å². The minimum Gasteiger partial charge on any atom is -0.369 e. The van der Waals surface area contributed by atoms with E-state index in [0.717, 1.165) is 25.2 Å². The van der Waals surface area contributed by atoms with Gasteiger partial charge in [0.2, 0.25) is 0 Å². The number of rotatable bonds is 5. The monoisotopic (exact) mass is 310 g/mol. The van der Waals surface area contributed by atoms with Crippen molar-refractivity contribution in [1.29, 1.82) is 0 Å². The lowest BCUT2D eigenvalue weighted by atomic mass is 9.91. The Morgan fingerprint density at radius 1 is 1.67 bits per heavy atom.